The van der Waals surface area contributed by atoms with Crippen LogP contribution in [0, 0.1) is 0 Å². The van der Waals surface area contributed by atoms with Crippen LogP contribution in [0.25, 0.3) is 11.3 Å². The number of benzene rings is 1. The maximum atomic E-state index is 5.79. The van der Waals surface area contributed by atoms with Crippen LogP contribution in [-0.4, -0.2) is 35.2 Å². The molecule has 6 nitrogen and oxygen atoms in total. The quantitative estimate of drug-likeness (QED) is 0.752. The molecule has 0 fully saturated rings. The van der Waals surface area contributed by atoms with Gasteiger partial charge in [0.25, 0.3) is 0 Å². The second-order valence-electron chi connectivity index (χ2n) is 5.28. The molecular formula is C18H19N5O. The maximum Gasteiger partial charge on any atom is 0.220 e. The van der Waals surface area contributed by atoms with Crippen molar-refractivity contribution in [3.05, 3.63) is 60.9 Å². The zero-order valence-corrected chi connectivity index (χ0v) is 13.5. The zero-order chi connectivity index (χ0) is 16.8. The minimum atomic E-state index is 0.269. The fraction of sp³-hybridized carbons (Fsp3) is 0.167. The highest BCUT2D eigenvalue weighted by Crippen LogP contribution is 2.20. The van der Waals surface area contributed by atoms with Crippen molar-refractivity contribution in [3.8, 4) is 17.0 Å². The van der Waals surface area contributed by atoms with E-state index in [-0.39, 0.29) is 5.95 Å². The first-order valence-electron chi connectivity index (χ1n) is 7.66. The van der Waals surface area contributed by atoms with Crippen LogP contribution in [0.15, 0.2) is 60.9 Å². The van der Waals surface area contributed by atoms with Crippen molar-refractivity contribution < 1.29 is 4.74 Å². The van der Waals surface area contributed by atoms with Gasteiger partial charge in [-0.1, -0.05) is 6.07 Å². The van der Waals surface area contributed by atoms with Crippen molar-refractivity contribution in [2.75, 3.05) is 30.8 Å². The van der Waals surface area contributed by atoms with Crippen molar-refractivity contribution in [1.82, 2.24) is 15.0 Å². The molecule has 2 N–H and O–H groups in total. The monoisotopic (exact) mass is 321 g/mol. The molecule has 0 aliphatic rings. The van der Waals surface area contributed by atoms with Crippen molar-refractivity contribution in [2.24, 2.45) is 0 Å². The van der Waals surface area contributed by atoms with E-state index in [2.05, 4.69) is 19.9 Å². The van der Waals surface area contributed by atoms with Gasteiger partial charge in [-0.15, -0.1) is 0 Å². The summed E-state index contributed by atoms with van der Waals surface area (Å²) in [6.45, 7) is 1.33. The third kappa shape index (κ3) is 3.98. The average molecular weight is 321 g/mol. The van der Waals surface area contributed by atoms with E-state index < -0.39 is 0 Å². The number of aromatic nitrogens is 3. The van der Waals surface area contributed by atoms with Crippen LogP contribution in [0.3, 0.4) is 0 Å². The van der Waals surface area contributed by atoms with Gasteiger partial charge < -0.3 is 15.4 Å². The smallest absolute Gasteiger partial charge is 0.220 e. The van der Waals surface area contributed by atoms with Gasteiger partial charge in [0.15, 0.2) is 0 Å². The largest absolute Gasteiger partial charge is 0.492 e. The lowest BCUT2D eigenvalue weighted by Gasteiger charge is -2.18. The molecule has 0 saturated heterocycles. The van der Waals surface area contributed by atoms with Crippen molar-refractivity contribution in [3.63, 3.8) is 0 Å². The Labute approximate surface area is 141 Å². The van der Waals surface area contributed by atoms with E-state index in [9.17, 15) is 0 Å². The number of anilines is 2. The second kappa shape index (κ2) is 7.41. The first-order valence-corrected chi connectivity index (χ1v) is 7.66. The minimum Gasteiger partial charge on any atom is -0.492 e. The van der Waals surface area contributed by atoms with Crippen LogP contribution in [0.1, 0.15) is 0 Å². The summed E-state index contributed by atoms with van der Waals surface area (Å²) in [5, 5.41) is 0. The predicted octanol–water partition coefficient (Wildman–Crippen LogP) is 2.64. The fourth-order valence-electron chi connectivity index (χ4n) is 2.25. The summed E-state index contributed by atoms with van der Waals surface area (Å²) < 4.78 is 5.79. The fourth-order valence-corrected chi connectivity index (χ4v) is 2.25. The van der Waals surface area contributed by atoms with E-state index in [1.807, 2.05) is 55.6 Å². The number of nitrogen functional groups attached to an aromatic ring is 1. The Morgan fingerprint density at radius 3 is 2.54 bits per heavy atom. The van der Waals surface area contributed by atoms with Gasteiger partial charge in [0.1, 0.15) is 18.2 Å². The summed E-state index contributed by atoms with van der Waals surface area (Å²) >= 11 is 0. The van der Waals surface area contributed by atoms with Gasteiger partial charge in [-0.05, 0) is 42.5 Å². The third-order valence-corrected chi connectivity index (χ3v) is 3.56. The minimum absolute atomic E-state index is 0.269. The molecule has 6 heteroatoms. The molecule has 1 aromatic carbocycles. The molecule has 0 aliphatic carbocycles. The van der Waals surface area contributed by atoms with E-state index in [4.69, 9.17) is 10.5 Å². The van der Waals surface area contributed by atoms with Gasteiger partial charge in [-0.3, -0.25) is 0 Å². The molecule has 3 rings (SSSR count). The molecule has 24 heavy (non-hydrogen) atoms. The third-order valence-electron chi connectivity index (χ3n) is 3.56. The maximum absolute atomic E-state index is 5.79. The number of rotatable bonds is 6. The highest BCUT2D eigenvalue weighted by Gasteiger charge is 2.03. The highest BCUT2D eigenvalue weighted by atomic mass is 16.5. The molecule has 0 saturated carbocycles. The number of pyridine rings is 1. The van der Waals surface area contributed by atoms with Gasteiger partial charge >= 0.3 is 0 Å². The van der Waals surface area contributed by atoms with Crippen LogP contribution in [0.4, 0.5) is 11.8 Å². The van der Waals surface area contributed by atoms with Gasteiger partial charge in [0.05, 0.1) is 12.2 Å². The molecule has 122 valence electrons. The Bertz CT molecular complexity index is 777. The van der Waals surface area contributed by atoms with E-state index in [1.54, 1.807) is 12.4 Å². The standard InChI is InChI=1S/C18H19N5O/c1-23(17-4-2-3-10-20-17)12-13-24-15-7-5-14(6-8-15)16-9-11-21-18(19)22-16/h2-11H,12-13H2,1H3,(H2,19,21,22). The van der Waals surface area contributed by atoms with Gasteiger partial charge in [0.2, 0.25) is 5.95 Å². The number of hydrogen-bond donors (Lipinski definition) is 1. The summed E-state index contributed by atoms with van der Waals surface area (Å²) in [4.78, 5) is 14.5. The molecule has 0 aliphatic heterocycles. The number of hydrogen-bond acceptors (Lipinski definition) is 6. The lowest BCUT2D eigenvalue weighted by atomic mass is 10.1. The molecule has 0 atom stereocenters. The summed E-state index contributed by atoms with van der Waals surface area (Å²) in [5.41, 5.74) is 7.38. The average Bonchev–Trinajstić information content (AvgIpc) is 2.63. The lowest BCUT2D eigenvalue weighted by molar-refractivity contribution is 0.325. The second-order valence-corrected chi connectivity index (χ2v) is 5.28. The van der Waals surface area contributed by atoms with E-state index in [0.717, 1.165) is 29.4 Å². The van der Waals surface area contributed by atoms with Crippen LogP contribution < -0.4 is 15.4 Å². The summed E-state index contributed by atoms with van der Waals surface area (Å²) in [5.74, 6) is 2.01. The summed E-state index contributed by atoms with van der Waals surface area (Å²) in [6.07, 6.45) is 3.43. The van der Waals surface area contributed by atoms with Crippen LogP contribution in [-0.2, 0) is 0 Å². The first kappa shape index (κ1) is 15.7. The van der Waals surface area contributed by atoms with Crippen LogP contribution in [0.5, 0.6) is 5.75 Å². The lowest BCUT2D eigenvalue weighted by Crippen LogP contribution is -2.24. The van der Waals surface area contributed by atoms with Crippen LogP contribution >= 0.6 is 0 Å². The van der Waals surface area contributed by atoms with Crippen molar-refractivity contribution in [1.29, 1.82) is 0 Å². The Morgan fingerprint density at radius 2 is 1.83 bits per heavy atom. The van der Waals surface area contributed by atoms with Gasteiger partial charge in [0, 0.05) is 25.0 Å². The van der Waals surface area contributed by atoms with Crippen LogP contribution in [0.2, 0.25) is 0 Å². The topological polar surface area (TPSA) is 77.2 Å². The molecule has 2 heterocycles. The summed E-state index contributed by atoms with van der Waals surface area (Å²) in [6, 6.07) is 15.4. The highest BCUT2D eigenvalue weighted by molar-refractivity contribution is 5.60. The number of ether oxygens (including phenoxy) is 1. The van der Waals surface area contributed by atoms with E-state index >= 15 is 0 Å². The molecular weight excluding hydrogens is 302 g/mol. The van der Waals surface area contributed by atoms with Gasteiger partial charge in [-0.2, -0.15) is 0 Å². The number of nitrogens with zero attached hydrogens (tertiary/aromatic N) is 4. The van der Waals surface area contributed by atoms with Gasteiger partial charge in [-0.25, -0.2) is 15.0 Å². The molecule has 0 spiro atoms. The number of nitrogens with two attached hydrogens (primary N) is 1. The molecule has 0 bridgehead atoms. The molecule has 0 radical (unpaired) electrons. The van der Waals surface area contributed by atoms with Crippen molar-refractivity contribution in [2.45, 2.75) is 0 Å². The Hall–Kier alpha value is -3.15. The summed E-state index contributed by atoms with van der Waals surface area (Å²) in [7, 11) is 1.99. The number of likely N-dealkylation sites (N-methyl/N-ethyl adjacent to an activating group) is 1. The predicted molar refractivity (Wildman–Crippen MR) is 94.9 cm³/mol. The zero-order valence-electron chi connectivity index (χ0n) is 13.5. The Kier molecular flexibility index (Phi) is 4.86. The molecule has 0 amide bonds. The van der Waals surface area contributed by atoms with Crippen molar-refractivity contribution >= 4 is 11.8 Å². The van der Waals surface area contributed by atoms with E-state index in [0.29, 0.717) is 6.61 Å². The SMILES string of the molecule is CN(CCOc1ccc(-c2ccnc(N)n2)cc1)c1ccccn1. The Morgan fingerprint density at radius 1 is 1.00 bits per heavy atom. The molecule has 3 aromatic rings. The molecule has 2 aromatic heterocycles. The Balaban J connectivity index is 1.55. The first-order chi connectivity index (χ1) is 11.7. The normalized spacial score (nSPS) is 10.4. The van der Waals surface area contributed by atoms with E-state index in [1.165, 1.54) is 0 Å². The molecule has 0 unspecified atom stereocenters.